The maximum Gasteiger partial charge on any atom is 0.336 e. The summed E-state index contributed by atoms with van der Waals surface area (Å²) < 4.78 is 53.2. The second-order valence-electron chi connectivity index (χ2n) is 4.20. The fraction of sp³-hybridized carbons (Fsp3) is 0.182. The lowest BCUT2D eigenvalue weighted by atomic mass is 10.1. The van der Waals surface area contributed by atoms with Crippen molar-refractivity contribution in [3.05, 3.63) is 35.2 Å². The Morgan fingerprint density at radius 1 is 1.33 bits per heavy atom. The van der Waals surface area contributed by atoms with Gasteiger partial charge in [-0.15, -0.1) is 0 Å². The van der Waals surface area contributed by atoms with E-state index in [-0.39, 0.29) is 11.4 Å². The lowest BCUT2D eigenvalue weighted by Crippen LogP contribution is -2.04. The molecule has 1 N–H and O–H groups in total. The average molecular weight is 318 g/mol. The number of rotatable bonds is 4. The number of carboxylic acid groups (broad SMARTS) is 1. The molecule has 112 valence electrons. The largest absolute Gasteiger partial charge is 0.478 e. The van der Waals surface area contributed by atoms with Gasteiger partial charge in [0.15, 0.2) is 27.3 Å². The molecule has 1 aromatic carbocycles. The number of halogens is 2. The quantitative estimate of drug-likeness (QED) is 0.903. The van der Waals surface area contributed by atoms with Crippen molar-refractivity contribution in [2.75, 3.05) is 6.26 Å². The third-order valence-corrected chi connectivity index (χ3v) is 3.16. The molecule has 0 amide bonds. The Labute approximate surface area is 117 Å². The summed E-state index contributed by atoms with van der Waals surface area (Å²) in [4.78, 5) is 14.7. The molecule has 0 aliphatic heterocycles. The Hall–Kier alpha value is -2.36. The molecule has 0 fully saturated rings. The Kier molecular flexibility index (Phi) is 3.73. The van der Waals surface area contributed by atoms with Gasteiger partial charge in [-0.2, -0.15) is 4.98 Å². The fourth-order valence-electron chi connectivity index (χ4n) is 1.56. The van der Waals surface area contributed by atoms with E-state index in [2.05, 4.69) is 10.1 Å². The van der Waals surface area contributed by atoms with Gasteiger partial charge in [0.05, 0.1) is 11.1 Å². The van der Waals surface area contributed by atoms with Crippen molar-refractivity contribution in [1.29, 1.82) is 0 Å². The molecule has 0 aliphatic carbocycles. The molecule has 0 radical (unpaired) electrons. The van der Waals surface area contributed by atoms with Gasteiger partial charge in [0, 0.05) is 6.26 Å². The lowest BCUT2D eigenvalue weighted by Gasteiger charge is -2.02. The van der Waals surface area contributed by atoms with Crippen LogP contribution in [0.25, 0.3) is 11.5 Å². The topological polar surface area (TPSA) is 110 Å². The number of aromatic carboxylic acids is 1. The molecular formula is C11H8F2N2O5S. The third-order valence-electron chi connectivity index (χ3n) is 2.38. The number of sulfone groups is 1. The van der Waals surface area contributed by atoms with Crippen LogP contribution in [0.5, 0.6) is 0 Å². The van der Waals surface area contributed by atoms with Crippen molar-refractivity contribution >= 4 is 15.8 Å². The molecule has 0 saturated heterocycles. The predicted molar refractivity (Wildman–Crippen MR) is 65.2 cm³/mol. The number of nitrogens with zero attached hydrogens (tertiary/aromatic N) is 2. The molecule has 1 aromatic heterocycles. The van der Waals surface area contributed by atoms with Crippen LogP contribution in [0.3, 0.4) is 0 Å². The molecule has 0 aliphatic rings. The number of benzene rings is 1. The summed E-state index contributed by atoms with van der Waals surface area (Å²) in [5.41, 5.74) is -0.919. The molecule has 10 heteroatoms. The number of carboxylic acids is 1. The van der Waals surface area contributed by atoms with E-state index in [0.29, 0.717) is 12.1 Å². The molecule has 0 atom stereocenters. The van der Waals surface area contributed by atoms with E-state index >= 15 is 0 Å². The molecule has 0 bridgehead atoms. The standard InChI is InChI=1S/C11H8F2N2O5S/c1-21(18,19)4-9-14-10(20-15-9)5-2-7(12)8(13)3-6(5)11(16)17/h2-3H,4H2,1H3,(H,16,17). The fourth-order valence-corrected chi connectivity index (χ4v) is 2.14. The van der Waals surface area contributed by atoms with Crippen molar-refractivity contribution < 1.29 is 31.6 Å². The highest BCUT2D eigenvalue weighted by Crippen LogP contribution is 2.25. The summed E-state index contributed by atoms with van der Waals surface area (Å²) in [6.07, 6.45) is 0.948. The minimum atomic E-state index is -3.42. The first-order valence-corrected chi connectivity index (χ1v) is 7.46. The van der Waals surface area contributed by atoms with Crippen LogP contribution in [-0.4, -0.2) is 35.9 Å². The summed E-state index contributed by atoms with van der Waals surface area (Å²) in [5.74, 6) is -5.31. The first-order valence-electron chi connectivity index (χ1n) is 5.40. The summed E-state index contributed by atoms with van der Waals surface area (Å²) in [7, 11) is -3.42. The van der Waals surface area contributed by atoms with Gasteiger partial charge in [-0.3, -0.25) is 0 Å². The third kappa shape index (κ3) is 3.40. The zero-order chi connectivity index (χ0) is 15.8. The van der Waals surface area contributed by atoms with Gasteiger partial charge in [0.25, 0.3) is 5.89 Å². The smallest absolute Gasteiger partial charge is 0.336 e. The molecule has 2 rings (SSSR count). The van der Waals surface area contributed by atoms with E-state index in [9.17, 15) is 22.0 Å². The first-order chi connectivity index (χ1) is 9.67. The van der Waals surface area contributed by atoms with Gasteiger partial charge < -0.3 is 9.63 Å². The highest BCUT2D eigenvalue weighted by molar-refractivity contribution is 7.89. The van der Waals surface area contributed by atoms with Crippen LogP contribution in [-0.2, 0) is 15.6 Å². The summed E-state index contributed by atoms with van der Waals surface area (Å²) >= 11 is 0. The van der Waals surface area contributed by atoms with Gasteiger partial charge in [0.2, 0.25) is 0 Å². The Morgan fingerprint density at radius 3 is 2.52 bits per heavy atom. The molecule has 0 unspecified atom stereocenters. The second kappa shape index (κ2) is 5.20. The van der Waals surface area contributed by atoms with E-state index in [1.807, 2.05) is 0 Å². The van der Waals surface area contributed by atoms with Crippen molar-refractivity contribution in [3.8, 4) is 11.5 Å². The highest BCUT2D eigenvalue weighted by atomic mass is 32.2. The molecule has 0 saturated carbocycles. The monoisotopic (exact) mass is 318 g/mol. The van der Waals surface area contributed by atoms with Crippen molar-refractivity contribution in [2.45, 2.75) is 5.75 Å². The van der Waals surface area contributed by atoms with Crippen LogP contribution in [0, 0.1) is 11.6 Å². The summed E-state index contributed by atoms with van der Waals surface area (Å²) in [5, 5.41) is 12.3. The van der Waals surface area contributed by atoms with E-state index in [1.54, 1.807) is 0 Å². The van der Waals surface area contributed by atoms with Crippen molar-refractivity contribution in [3.63, 3.8) is 0 Å². The van der Waals surface area contributed by atoms with Crippen LogP contribution < -0.4 is 0 Å². The van der Waals surface area contributed by atoms with Gasteiger partial charge in [-0.1, -0.05) is 5.16 Å². The number of hydrogen-bond donors (Lipinski definition) is 1. The van der Waals surface area contributed by atoms with Crippen molar-refractivity contribution in [1.82, 2.24) is 10.1 Å². The Morgan fingerprint density at radius 2 is 1.95 bits per heavy atom. The lowest BCUT2D eigenvalue weighted by molar-refractivity contribution is 0.0696. The van der Waals surface area contributed by atoms with Crippen LogP contribution in [0.2, 0.25) is 0 Å². The summed E-state index contributed by atoms with van der Waals surface area (Å²) in [6.45, 7) is 0. The minimum absolute atomic E-state index is 0.214. The molecule has 1 heterocycles. The number of aromatic nitrogens is 2. The molecular weight excluding hydrogens is 310 g/mol. The normalized spacial score (nSPS) is 11.6. The first kappa shape index (κ1) is 15.0. The van der Waals surface area contributed by atoms with E-state index in [0.717, 1.165) is 6.26 Å². The number of hydrogen-bond acceptors (Lipinski definition) is 6. The maximum absolute atomic E-state index is 13.2. The van der Waals surface area contributed by atoms with Crippen molar-refractivity contribution in [2.24, 2.45) is 0 Å². The van der Waals surface area contributed by atoms with Crippen LogP contribution in [0.15, 0.2) is 16.7 Å². The van der Waals surface area contributed by atoms with Gasteiger partial charge in [-0.25, -0.2) is 22.0 Å². The molecule has 2 aromatic rings. The zero-order valence-electron chi connectivity index (χ0n) is 10.5. The van der Waals surface area contributed by atoms with E-state index in [1.165, 1.54) is 0 Å². The number of carbonyl (C=O) groups is 1. The predicted octanol–water partition coefficient (Wildman–Crippen LogP) is 1.26. The van der Waals surface area contributed by atoms with E-state index in [4.69, 9.17) is 9.63 Å². The molecule has 21 heavy (non-hydrogen) atoms. The molecule has 7 nitrogen and oxygen atoms in total. The Bertz CT molecular complexity index is 816. The Balaban J connectivity index is 2.52. The van der Waals surface area contributed by atoms with Gasteiger partial charge in [-0.05, 0) is 12.1 Å². The van der Waals surface area contributed by atoms with Gasteiger partial charge >= 0.3 is 5.97 Å². The van der Waals surface area contributed by atoms with E-state index < -0.39 is 44.6 Å². The van der Waals surface area contributed by atoms with Crippen LogP contribution >= 0.6 is 0 Å². The molecule has 0 spiro atoms. The SMILES string of the molecule is CS(=O)(=O)Cc1noc(-c2cc(F)c(F)cc2C(=O)O)n1. The zero-order valence-corrected chi connectivity index (χ0v) is 11.3. The summed E-state index contributed by atoms with van der Waals surface area (Å²) in [6, 6.07) is 1.07. The van der Waals surface area contributed by atoms with Crippen LogP contribution in [0.1, 0.15) is 16.2 Å². The second-order valence-corrected chi connectivity index (χ2v) is 6.34. The highest BCUT2D eigenvalue weighted by Gasteiger charge is 2.21. The minimum Gasteiger partial charge on any atom is -0.478 e. The van der Waals surface area contributed by atoms with Gasteiger partial charge in [0.1, 0.15) is 5.75 Å². The van der Waals surface area contributed by atoms with Crippen LogP contribution in [0.4, 0.5) is 8.78 Å². The average Bonchev–Trinajstić information content (AvgIpc) is 2.77. The maximum atomic E-state index is 13.2.